The third-order valence-electron chi connectivity index (χ3n) is 5.41. The number of nitrogens with one attached hydrogen (secondary N) is 1. The topological polar surface area (TPSA) is 99.7 Å². The van der Waals surface area contributed by atoms with Gasteiger partial charge in [0.1, 0.15) is 6.04 Å². The van der Waals surface area contributed by atoms with E-state index in [1.807, 2.05) is 29.6 Å². The first-order chi connectivity index (χ1) is 16.2. The summed E-state index contributed by atoms with van der Waals surface area (Å²) in [5.74, 6) is -2.05. The van der Waals surface area contributed by atoms with Crippen molar-refractivity contribution in [2.45, 2.75) is 12.5 Å². The summed E-state index contributed by atoms with van der Waals surface area (Å²) in [5.41, 5.74) is 2.06. The number of nitrogens with zero attached hydrogens (tertiary/aromatic N) is 3. The second-order valence-corrected chi connectivity index (χ2v) is 9.72. The van der Waals surface area contributed by atoms with Crippen LogP contribution in [0.2, 0.25) is 0 Å². The lowest BCUT2D eigenvalue weighted by Gasteiger charge is -2.39. The van der Waals surface area contributed by atoms with E-state index < -0.39 is 17.7 Å². The number of likely N-dealkylation sites (N-methyl/N-ethyl adjacent to an activating group) is 1. The molecule has 1 N–H and O–H groups in total. The van der Waals surface area contributed by atoms with E-state index in [2.05, 4.69) is 26.2 Å². The lowest BCUT2D eigenvalue weighted by Crippen LogP contribution is -2.56. The van der Waals surface area contributed by atoms with Crippen molar-refractivity contribution < 1.29 is 19.2 Å². The van der Waals surface area contributed by atoms with E-state index in [1.165, 1.54) is 47.4 Å². The van der Waals surface area contributed by atoms with E-state index in [-0.39, 0.29) is 22.9 Å². The minimum absolute atomic E-state index is 0.133. The molecule has 1 atom stereocenters. The van der Waals surface area contributed by atoms with E-state index >= 15 is 0 Å². The van der Waals surface area contributed by atoms with Crippen molar-refractivity contribution in [2.24, 2.45) is 0 Å². The Labute approximate surface area is 208 Å². The maximum atomic E-state index is 13.0. The van der Waals surface area contributed by atoms with E-state index in [0.717, 1.165) is 15.7 Å². The molecule has 0 bridgehead atoms. The Bertz CT molecular complexity index is 1290. The average molecular weight is 541 g/mol. The first kappa shape index (κ1) is 23.8. The Morgan fingerprint density at radius 1 is 1.09 bits per heavy atom. The van der Waals surface area contributed by atoms with Crippen LogP contribution in [-0.2, 0) is 9.59 Å². The van der Waals surface area contributed by atoms with E-state index in [9.17, 15) is 19.2 Å². The van der Waals surface area contributed by atoms with Gasteiger partial charge in [-0.15, -0.1) is 11.3 Å². The highest BCUT2D eigenvalue weighted by molar-refractivity contribution is 9.10. The van der Waals surface area contributed by atoms with Gasteiger partial charge in [-0.3, -0.25) is 19.2 Å². The minimum Gasteiger partial charge on any atom is -0.342 e. The van der Waals surface area contributed by atoms with Gasteiger partial charge in [-0.05, 0) is 30.7 Å². The molecule has 0 aliphatic carbocycles. The highest BCUT2D eigenvalue weighted by Gasteiger charge is 2.38. The van der Waals surface area contributed by atoms with Crippen molar-refractivity contribution in [3.63, 3.8) is 0 Å². The van der Waals surface area contributed by atoms with Gasteiger partial charge in [-0.25, -0.2) is 4.98 Å². The van der Waals surface area contributed by atoms with Gasteiger partial charge in [0.15, 0.2) is 5.13 Å². The number of halogens is 1. The number of ketones is 1. The zero-order valence-corrected chi connectivity index (χ0v) is 20.9. The molecule has 0 unspecified atom stereocenters. The highest BCUT2D eigenvalue weighted by Crippen LogP contribution is 2.28. The Morgan fingerprint density at radius 2 is 1.82 bits per heavy atom. The van der Waals surface area contributed by atoms with Gasteiger partial charge in [0, 0.05) is 47.2 Å². The fourth-order valence-corrected chi connectivity index (χ4v) is 4.61. The summed E-state index contributed by atoms with van der Waals surface area (Å²) in [5, 5.41) is 5.11. The van der Waals surface area contributed by atoms with Gasteiger partial charge in [0.2, 0.25) is 11.7 Å². The van der Waals surface area contributed by atoms with Crippen LogP contribution in [0.15, 0.2) is 58.4 Å². The van der Waals surface area contributed by atoms with Crippen LogP contribution in [0.1, 0.15) is 27.1 Å². The van der Waals surface area contributed by atoms with Gasteiger partial charge in [-0.1, -0.05) is 40.2 Å². The fourth-order valence-electron chi connectivity index (χ4n) is 3.49. The van der Waals surface area contributed by atoms with Crippen LogP contribution in [0, 0.1) is 0 Å². The summed E-state index contributed by atoms with van der Waals surface area (Å²) in [6, 6.07) is 13.1. The first-order valence-electron chi connectivity index (χ1n) is 10.4. The molecule has 0 radical (unpaired) electrons. The third kappa shape index (κ3) is 4.92. The largest absolute Gasteiger partial charge is 0.342 e. The zero-order valence-electron chi connectivity index (χ0n) is 18.4. The summed E-state index contributed by atoms with van der Waals surface area (Å²) in [6.45, 7) is 0.423. The van der Waals surface area contributed by atoms with Crippen molar-refractivity contribution in [1.82, 2.24) is 14.8 Å². The molecule has 3 aromatic rings. The van der Waals surface area contributed by atoms with Gasteiger partial charge >= 0.3 is 0 Å². The lowest BCUT2D eigenvalue weighted by atomic mass is 9.99. The second-order valence-electron chi connectivity index (χ2n) is 7.95. The van der Waals surface area contributed by atoms with Crippen LogP contribution in [0.3, 0.4) is 0 Å². The molecule has 1 aliphatic rings. The molecule has 3 amide bonds. The summed E-state index contributed by atoms with van der Waals surface area (Å²) >= 11 is 4.75. The number of Topliss-reactive ketones (excluding diaryl/α,β-unsaturated/α-hetero) is 1. The summed E-state index contributed by atoms with van der Waals surface area (Å²) in [6.07, 6.45) is 0.527. The monoisotopic (exact) mass is 540 g/mol. The number of carbonyl (C=O) groups excluding carboxylic acids is 4. The van der Waals surface area contributed by atoms with Gasteiger partial charge in [0.25, 0.3) is 11.8 Å². The predicted molar refractivity (Wildman–Crippen MR) is 133 cm³/mol. The van der Waals surface area contributed by atoms with Crippen LogP contribution >= 0.6 is 27.3 Å². The molecule has 1 fully saturated rings. The Morgan fingerprint density at radius 3 is 2.50 bits per heavy atom. The Balaban J connectivity index is 1.43. The summed E-state index contributed by atoms with van der Waals surface area (Å²) in [4.78, 5) is 57.3. The Hall–Kier alpha value is -3.37. The molecule has 0 spiro atoms. The number of amides is 3. The zero-order chi connectivity index (χ0) is 24.4. The number of aromatic nitrogens is 1. The molecule has 2 heterocycles. The number of hydrogen-bond donors (Lipinski definition) is 1. The summed E-state index contributed by atoms with van der Waals surface area (Å²) < 4.78 is 0.934. The van der Waals surface area contributed by atoms with Crippen molar-refractivity contribution in [1.29, 1.82) is 0 Å². The van der Waals surface area contributed by atoms with Crippen molar-refractivity contribution in [3.8, 4) is 11.3 Å². The van der Waals surface area contributed by atoms with E-state index in [4.69, 9.17) is 0 Å². The van der Waals surface area contributed by atoms with Gasteiger partial charge < -0.3 is 15.1 Å². The number of rotatable bonds is 6. The number of carbonyl (C=O) groups is 4. The summed E-state index contributed by atoms with van der Waals surface area (Å²) in [7, 11) is 2.98. The molecule has 174 valence electrons. The number of anilines is 1. The molecule has 1 saturated heterocycles. The van der Waals surface area contributed by atoms with Crippen LogP contribution in [0.5, 0.6) is 0 Å². The number of likely N-dealkylation sites (tertiary alicyclic amines) is 1. The van der Waals surface area contributed by atoms with Gasteiger partial charge in [0.05, 0.1) is 5.69 Å². The quantitative estimate of drug-likeness (QED) is 0.379. The Kier molecular flexibility index (Phi) is 6.90. The highest BCUT2D eigenvalue weighted by atomic mass is 79.9. The molecular formula is C24H21BrN4O4S. The molecule has 2 aromatic carbocycles. The SMILES string of the molecule is CN(C)C(=O)C(=O)c1cccc(C(=O)N2CC[C@H]2C(=O)Nc2nc(-c3cccc(Br)c3)cs2)c1. The standard InChI is InChI=1S/C24H21BrN4O4S/c1-28(2)23(33)20(30)15-6-3-7-16(11-15)22(32)29-10-9-19(29)21(31)27-24-26-18(13-34-24)14-5-4-8-17(25)12-14/h3-8,11-13,19H,9-10H2,1-2H3,(H,26,27,31)/t19-/m0/s1. The maximum absolute atomic E-state index is 13.0. The van der Waals surface area contributed by atoms with Crippen LogP contribution in [-0.4, -0.2) is 65.0 Å². The normalized spacial score (nSPS) is 14.8. The molecule has 1 aliphatic heterocycles. The second kappa shape index (κ2) is 9.86. The minimum atomic E-state index is -0.692. The van der Waals surface area contributed by atoms with Crippen molar-refractivity contribution in [2.75, 3.05) is 26.0 Å². The van der Waals surface area contributed by atoms with Crippen LogP contribution in [0.4, 0.5) is 5.13 Å². The molecule has 34 heavy (non-hydrogen) atoms. The molecular weight excluding hydrogens is 520 g/mol. The van der Waals surface area contributed by atoms with E-state index in [1.54, 1.807) is 12.1 Å². The lowest BCUT2D eigenvalue weighted by molar-refractivity contribution is -0.124. The third-order valence-corrected chi connectivity index (χ3v) is 6.66. The average Bonchev–Trinajstić information content (AvgIpc) is 3.25. The number of benzene rings is 2. The predicted octanol–water partition coefficient (Wildman–Crippen LogP) is 3.70. The van der Waals surface area contributed by atoms with Gasteiger partial charge in [-0.2, -0.15) is 0 Å². The molecule has 0 saturated carbocycles. The number of hydrogen-bond acceptors (Lipinski definition) is 6. The smallest absolute Gasteiger partial charge is 0.294 e. The molecule has 4 rings (SSSR count). The maximum Gasteiger partial charge on any atom is 0.294 e. The molecule has 1 aromatic heterocycles. The fraction of sp³-hybridized carbons (Fsp3) is 0.208. The molecule has 10 heteroatoms. The van der Waals surface area contributed by atoms with Crippen LogP contribution in [0.25, 0.3) is 11.3 Å². The first-order valence-corrected chi connectivity index (χ1v) is 12.1. The van der Waals surface area contributed by atoms with Crippen molar-refractivity contribution >= 4 is 55.9 Å². The van der Waals surface area contributed by atoms with Crippen molar-refractivity contribution in [3.05, 3.63) is 69.5 Å². The van der Waals surface area contributed by atoms with Crippen LogP contribution < -0.4 is 5.32 Å². The van der Waals surface area contributed by atoms with E-state index in [0.29, 0.717) is 18.1 Å². The molecule has 8 nitrogen and oxygen atoms in total. The number of thiazole rings is 1.